The Labute approximate surface area is 150 Å². The molecule has 0 fully saturated rings. The molecule has 2 aromatic carbocycles. The van der Waals surface area contributed by atoms with Gasteiger partial charge in [-0.25, -0.2) is 4.98 Å². The monoisotopic (exact) mass is 366 g/mol. The average molecular weight is 366 g/mol. The maximum atomic E-state index is 11.7. The first kappa shape index (κ1) is 15.9. The molecule has 0 aliphatic carbocycles. The van der Waals surface area contributed by atoms with E-state index >= 15 is 0 Å². The van der Waals surface area contributed by atoms with Crippen LogP contribution in [0.2, 0.25) is 0 Å². The van der Waals surface area contributed by atoms with Crippen LogP contribution in [0.3, 0.4) is 0 Å². The Bertz CT molecular complexity index is 1170. The Morgan fingerprint density at radius 3 is 2.62 bits per heavy atom. The number of hydrogen-bond acceptors (Lipinski definition) is 7. The summed E-state index contributed by atoms with van der Waals surface area (Å²) in [5, 5.41) is 15.6. The second-order valence-electron chi connectivity index (χ2n) is 5.25. The number of nitrogens with zero attached hydrogens (tertiary/aromatic N) is 4. The van der Waals surface area contributed by atoms with Crippen LogP contribution in [0.25, 0.3) is 16.1 Å². The van der Waals surface area contributed by atoms with Gasteiger partial charge in [-0.15, -0.1) is 5.10 Å². The Balaban J connectivity index is 1.74. The molecule has 128 valence electrons. The lowest BCUT2D eigenvalue weighted by atomic mass is 10.1. The molecule has 0 atom stereocenters. The third-order valence-electron chi connectivity index (χ3n) is 3.61. The molecule has 0 bridgehead atoms. The Hall–Kier alpha value is -3.59. The van der Waals surface area contributed by atoms with E-state index in [1.807, 2.05) is 30.3 Å². The fraction of sp³-hybridized carbons (Fsp3) is 0. The molecule has 8 nitrogen and oxygen atoms in total. The lowest BCUT2D eigenvalue weighted by molar-refractivity contribution is -0.385. The van der Waals surface area contributed by atoms with Crippen molar-refractivity contribution in [2.45, 2.75) is 0 Å². The zero-order valence-electron chi connectivity index (χ0n) is 13.1. The minimum absolute atomic E-state index is 0.0433. The predicted molar refractivity (Wildman–Crippen MR) is 95.7 cm³/mol. The van der Waals surface area contributed by atoms with Crippen LogP contribution in [0.1, 0.15) is 0 Å². The van der Waals surface area contributed by atoms with Crippen LogP contribution in [-0.4, -0.2) is 19.5 Å². The molecule has 0 amide bonds. The van der Waals surface area contributed by atoms with Crippen molar-refractivity contribution in [2.75, 3.05) is 0 Å². The van der Waals surface area contributed by atoms with E-state index in [2.05, 4.69) is 10.1 Å². The van der Waals surface area contributed by atoms with Gasteiger partial charge in [0.05, 0.1) is 4.92 Å². The number of rotatable bonds is 4. The van der Waals surface area contributed by atoms with Gasteiger partial charge in [-0.05, 0) is 28.5 Å². The summed E-state index contributed by atoms with van der Waals surface area (Å²) in [7, 11) is 0. The van der Waals surface area contributed by atoms with Gasteiger partial charge < -0.3 is 4.74 Å². The minimum Gasteiger partial charge on any atom is -0.422 e. The molecule has 2 aromatic heterocycles. The van der Waals surface area contributed by atoms with Crippen LogP contribution >= 0.6 is 11.3 Å². The summed E-state index contributed by atoms with van der Waals surface area (Å²) in [6.45, 7) is 0. The number of aromatic nitrogens is 3. The topological polar surface area (TPSA) is 99.6 Å². The highest BCUT2D eigenvalue weighted by Gasteiger charge is 2.19. The van der Waals surface area contributed by atoms with Crippen molar-refractivity contribution >= 4 is 22.0 Å². The number of benzene rings is 2. The summed E-state index contributed by atoms with van der Waals surface area (Å²) in [5.41, 5.74) is 1.02. The van der Waals surface area contributed by atoms with Crippen LogP contribution in [0.4, 0.5) is 5.69 Å². The van der Waals surface area contributed by atoms with Crippen LogP contribution in [0.5, 0.6) is 10.9 Å². The number of nitro benzene ring substituents is 1. The Kier molecular flexibility index (Phi) is 3.90. The summed E-state index contributed by atoms with van der Waals surface area (Å²) in [6, 6.07) is 15.3. The van der Waals surface area contributed by atoms with Gasteiger partial charge in [-0.1, -0.05) is 36.4 Å². The lowest BCUT2D eigenvalue weighted by Crippen LogP contribution is -2.12. The van der Waals surface area contributed by atoms with Crippen LogP contribution < -0.4 is 10.3 Å². The van der Waals surface area contributed by atoms with E-state index in [-0.39, 0.29) is 22.2 Å². The van der Waals surface area contributed by atoms with E-state index < -0.39 is 4.92 Å². The van der Waals surface area contributed by atoms with Crippen molar-refractivity contribution in [2.24, 2.45) is 0 Å². The third-order valence-corrected chi connectivity index (χ3v) is 4.41. The van der Waals surface area contributed by atoms with E-state index in [9.17, 15) is 14.9 Å². The quantitative estimate of drug-likeness (QED) is 0.405. The molecule has 0 radical (unpaired) electrons. The maximum absolute atomic E-state index is 11.7. The smallest absolute Gasteiger partial charge is 0.312 e. The molecule has 2 heterocycles. The molecule has 0 aliphatic rings. The van der Waals surface area contributed by atoms with E-state index in [0.717, 1.165) is 21.4 Å². The highest BCUT2D eigenvalue weighted by atomic mass is 32.1. The van der Waals surface area contributed by atoms with Crippen molar-refractivity contribution in [1.29, 1.82) is 0 Å². The lowest BCUT2D eigenvalue weighted by Gasteiger charge is -2.06. The molecule has 0 unspecified atom stereocenters. The van der Waals surface area contributed by atoms with E-state index in [1.54, 1.807) is 6.07 Å². The summed E-state index contributed by atoms with van der Waals surface area (Å²) in [5.74, 6) is 0.0433. The Morgan fingerprint density at radius 1 is 1.08 bits per heavy atom. The number of nitro groups is 1. The SMILES string of the molecule is O=c1ccnc2sc(Oc3ccc(-c4ccccc4)cc3[N+](=O)[O-])nn12. The van der Waals surface area contributed by atoms with Crippen molar-refractivity contribution in [1.82, 2.24) is 14.6 Å². The summed E-state index contributed by atoms with van der Waals surface area (Å²) in [6.07, 6.45) is 1.37. The molecule has 4 aromatic rings. The second kappa shape index (κ2) is 6.37. The molecule has 0 saturated carbocycles. The van der Waals surface area contributed by atoms with E-state index in [4.69, 9.17) is 4.74 Å². The third kappa shape index (κ3) is 2.91. The molecule has 0 N–H and O–H groups in total. The molecule has 0 spiro atoms. The molecule has 0 aliphatic heterocycles. The molecule has 26 heavy (non-hydrogen) atoms. The summed E-state index contributed by atoms with van der Waals surface area (Å²) < 4.78 is 6.66. The molecule has 4 rings (SSSR count). The van der Waals surface area contributed by atoms with Gasteiger partial charge in [-0.2, -0.15) is 4.52 Å². The molecular formula is C17H10N4O4S. The fourth-order valence-corrected chi connectivity index (χ4v) is 3.16. The second-order valence-corrected chi connectivity index (χ2v) is 6.17. The first-order valence-electron chi connectivity index (χ1n) is 7.48. The first-order chi connectivity index (χ1) is 12.6. The van der Waals surface area contributed by atoms with Crippen molar-refractivity contribution in [3.63, 3.8) is 0 Å². The normalized spacial score (nSPS) is 10.8. The largest absolute Gasteiger partial charge is 0.422 e. The summed E-state index contributed by atoms with van der Waals surface area (Å²) >= 11 is 1.02. The van der Waals surface area contributed by atoms with Crippen molar-refractivity contribution in [3.8, 4) is 22.1 Å². The van der Waals surface area contributed by atoms with Gasteiger partial charge in [0.15, 0.2) is 0 Å². The van der Waals surface area contributed by atoms with Gasteiger partial charge >= 0.3 is 5.69 Å². The fourth-order valence-electron chi connectivity index (χ4n) is 2.42. The van der Waals surface area contributed by atoms with Gasteiger partial charge in [-0.3, -0.25) is 14.9 Å². The zero-order valence-corrected chi connectivity index (χ0v) is 13.9. The van der Waals surface area contributed by atoms with Crippen molar-refractivity contribution < 1.29 is 9.66 Å². The first-order valence-corrected chi connectivity index (χ1v) is 8.30. The Morgan fingerprint density at radius 2 is 1.88 bits per heavy atom. The van der Waals surface area contributed by atoms with Crippen LogP contribution in [0.15, 0.2) is 65.6 Å². The highest BCUT2D eigenvalue weighted by Crippen LogP contribution is 2.36. The zero-order chi connectivity index (χ0) is 18.1. The minimum atomic E-state index is -0.514. The summed E-state index contributed by atoms with van der Waals surface area (Å²) in [4.78, 5) is 27.0. The number of fused-ring (bicyclic) bond motifs is 1. The predicted octanol–water partition coefficient (Wildman–Crippen LogP) is 3.52. The van der Waals surface area contributed by atoms with Gasteiger partial charge in [0.25, 0.3) is 10.8 Å². The highest BCUT2D eigenvalue weighted by molar-refractivity contribution is 7.18. The van der Waals surface area contributed by atoms with Crippen molar-refractivity contribution in [3.05, 3.63) is 81.3 Å². The maximum Gasteiger partial charge on any atom is 0.312 e. The van der Waals surface area contributed by atoms with Gasteiger partial charge in [0, 0.05) is 18.3 Å². The van der Waals surface area contributed by atoms with Crippen LogP contribution in [-0.2, 0) is 0 Å². The molecule has 9 heteroatoms. The molecular weight excluding hydrogens is 356 g/mol. The van der Waals surface area contributed by atoms with Gasteiger partial charge in [0.1, 0.15) is 0 Å². The number of hydrogen-bond donors (Lipinski definition) is 0. The van der Waals surface area contributed by atoms with E-state index in [0.29, 0.717) is 10.5 Å². The van der Waals surface area contributed by atoms with Crippen LogP contribution in [0, 0.1) is 10.1 Å². The average Bonchev–Trinajstić information content (AvgIpc) is 3.06. The standard InChI is InChI=1S/C17H10N4O4S/c22-15-8-9-18-16-20(15)19-17(26-16)25-14-7-6-12(10-13(14)21(23)24)11-4-2-1-3-5-11/h1-10H. The van der Waals surface area contributed by atoms with E-state index in [1.165, 1.54) is 24.4 Å². The van der Waals surface area contributed by atoms with Gasteiger partial charge in [0.2, 0.25) is 10.7 Å². The number of ether oxygens (including phenoxy) is 1. The molecule has 0 saturated heterocycles.